The van der Waals surface area contributed by atoms with Crippen molar-refractivity contribution in [3.63, 3.8) is 0 Å². The van der Waals surface area contributed by atoms with E-state index >= 15 is 0 Å². The molecule has 0 saturated carbocycles. The van der Waals surface area contributed by atoms with Crippen LogP contribution in [0.15, 0.2) is 24.3 Å². The third-order valence-corrected chi connectivity index (χ3v) is 3.16. The second-order valence-corrected chi connectivity index (χ2v) is 4.45. The van der Waals surface area contributed by atoms with Gasteiger partial charge in [-0.2, -0.15) is 0 Å². The topological polar surface area (TPSA) is 49.8 Å². The number of hydrogen-bond acceptors (Lipinski definition) is 4. The lowest BCUT2D eigenvalue weighted by atomic mass is 10.0. The van der Waals surface area contributed by atoms with Crippen molar-refractivity contribution in [2.75, 3.05) is 24.6 Å². The third-order valence-electron chi connectivity index (χ3n) is 3.16. The van der Waals surface area contributed by atoms with Crippen molar-refractivity contribution in [1.29, 1.82) is 0 Å². The molecule has 0 aliphatic carbocycles. The quantitative estimate of drug-likeness (QED) is 0.819. The summed E-state index contributed by atoms with van der Waals surface area (Å²) in [6.07, 6.45) is 1.03. The number of ether oxygens (including phenoxy) is 1. The first kappa shape index (κ1) is 12.9. The van der Waals surface area contributed by atoms with Crippen LogP contribution in [-0.2, 0) is 16.0 Å². The number of fused-ring (bicyclic) bond motifs is 1. The van der Waals surface area contributed by atoms with Gasteiger partial charge in [0.25, 0.3) is 0 Å². The highest BCUT2D eigenvalue weighted by atomic mass is 16.5. The van der Waals surface area contributed by atoms with Crippen molar-refractivity contribution in [1.82, 2.24) is 0 Å². The van der Waals surface area contributed by atoms with Crippen molar-refractivity contribution in [3.05, 3.63) is 29.8 Å². The Kier molecular flexibility index (Phi) is 4.20. The lowest BCUT2D eigenvalue weighted by Crippen LogP contribution is -2.40. The summed E-state index contributed by atoms with van der Waals surface area (Å²) in [6.45, 7) is 3.20. The van der Waals surface area contributed by atoms with Gasteiger partial charge >= 0.3 is 5.97 Å². The van der Waals surface area contributed by atoms with Gasteiger partial charge in [-0.05, 0) is 31.4 Å². The number of carbonyl (C=O) groups excluding carboxylic acids is 1. The number of aliphatic hydroxyl groups is 1. The standard InChI is InChI=1S/C14H19NO3/c1-2-18-14(17)13(16)10-15-9-5-7-11-6-3-4-8-12(11)15/h3-4,6,8,13,16H,2,5,7,9-10H2,1H3. The molecule has 0 aromatic heterocycles. The maximum absolute atomic E-state index is 11.4. The van der Waals surface area contributed by atoms with E-state index in [0.29, 0.717) is 13.2 Å². The molecule has 0 fully saturated rings. The number of para-hydroxylation sites is 1. The smallest absolute Gasteiger partial charge is 0.336 e. The maximum Gasteiger partial charge on any atom is 0.336 e. The minimum absolute atomic E-state index is 0.298. The molecule has 0 radical (unpaired) electrons. The number of carbonyl (C=O) groups is 1. The predicted octanol–water partition coefficient (Wildman–Crippen LogP) is 1.36. The molecule has 0 saturated heterocycles. The highest BCUT2D eigenvalue weighted by Gasteiger charge is 2.23. The molecule has 1 aliphatic heterocycles. The number of rotatable bonds is 4. The molecule has 1 N–H and O–H groups in total. The normalized spacial score (nSPS) is 16.0. The van der Waals surface area contributed by atoms with E-state index in [4.69, 9.17) is 4.74 Å². The van der Waals surface area contributed by atoms with E-state index in [1.807, 2.05) is 18.2 Å². The molecule has 1 aromatic rings. The van der Waals surface area contributed by atoms with Gasteiger partial charge in [0.1, 0.15) is 0 Å². The van der Waals surface area contributed by atoms with Crippen LogP contribution in [0.5, 0.6) is 0 Å². The summed E-state index contributed by atoms with van der Waals surface area (Å²) in [5.74, 6) is -0.541. The molecule has 1 atom stereocenters. The van der Waals surface area contributed by atoms with Crippen molar-refractivity contribution < 1.29 is 14.6 Å². The number of esters is 1. The van der Waals surface area contributed by atoms with Gasteiger partial charge in [0, 0.05) is 12.2 Å². The average Bonchev–Trinajstić information content (AvgIpc) is 2.39. The molecule has 2 rings (SSSR count). The predicted molar refractivity (Wildman–Crippen MR) is 69.6 cm³/mol. The summed E-state index contributed by atoms with van der Waals surface area (Å²) in [4.78, 5) is 13.5. The SMILES string of the molecule is CCOC(=O)C(O)CN1CCCc2ccccc21. The Bertz CT molecular complexity index is 419. The van der Waals surface area contributed by atoms with Crippen LogP contribution in [0.2, 0.25) is 0 Å². The number of β-amino-alcohol motifs (C(OH)–C–C–N with tert-alkyl or cyclic N) is 1. The first-order chi connectivity index (χ1) is 8.72. The maximum atomic E-state index is 11.4. The number of benzene rings is 1. The van der Waals surface area contributed by atoms with Crippen LogP contribution in [0.3, 0.4) is 0 Å². The molecule has 18 heavy (non-hydrogen) atoms. The molecule has 1 heterocycles. The zero-order valence-corrected chi connectivity index (χ0v) is 10.6. The van der Waals surface area contributed by atoms with E-state index < -0.39 is 12.1 Å². The fraction of sp³-hybridized carbons (Fsp3) is 0.500. The van der Waals surface area contributed by atoms with Crippen LogP contribution in [0.25, 0.3) is 0 Å². The zero-order valence-electron chi connectivity index (χ0n) is 10.6. The molecule has 0 amide bonds. The van der Waals surface area contributed by atoms with Crippen molar-refractivity contribution in [2.45, 2.75) is 25.9 Å². The number of aliphatic hydroxyl groups excluding tert-OH is 1. The molecule has 1 aliphatic rings. The second kappa shape index (κ2) is 5.87. The van der Waals surface area contributed by atoms with Gasteiger partial charge in [0.2, 0.25) is 0 Å². The highest BCUT2D eigenvalue weighted by molar-refractivity contribution is 5.75. The second-order valence-electron chi connectivity index (χ2n) is 4.45. The van der Waals surface area contributed by atoms with Crippen LogP contribution in [0.1, 0.15) is 18.9 Å². The monoisotopic (exact) mass is 249 g/mol. The summed E-state index contributed by atoms with van der Waals surface area (Å²) < 4.78 is 4.82. The summed E-state index contributed by atoms with van der Waals surface area (Å²) in [5.41, 5.74) is 2.40. The largest absolute Gasteiger partial charge is 0.464 e. The minimum Gasteiger partial charge on any atom is -0.464 e. The van der Waals surface area contributed by atoms with E-state index in [9.17, 15) is 9.90 Å². The molecule has 1 aromatic carbocycles. The number of aryl methyl sites for hydroxylation is 1. The molecule has 98 valence electrons. The summed E-state index contributed by atoms with van der Waals surface area (Å²) in [6, 6.07) is 8.13. The first-order valence-corrected chi connectivity index (χ1v) is 6.40. The van der Waals surface area contributed by atoms with Gasteiger partial charge in [-0.15, -0.1) is 0 Å². The van der Waals surface area contributed by atoms with E-state index in [0.717, 1.165) is 25.1 Å². The van der Waals surface area contributed by atoms with E-state index in [1.54, 1.807) is 6.92 Å². The Morgan fingerprint density at radius 1 is 1.50 bits per heavy atom. The Morgan fingerprint density at radius 2 is 2.28 bits per heavy atom. The third kappa shape index (κ3) is 2.82. The molecular weight excluding hydrogens is 230 g/mol. The molecule has 0 bridgehead atoms. The Balaban J connectivity index is 2.05. The van der Waals surface area contributed by atoms with Crippen molar-refractivity contribution in [2.24, 2.45) is 0 Å². The fourth-order valence-electron chi connectivity index (χ4n) is 2.32. The van der Waals surface area contributed by atoms with Gasteiger partial charge in [0.15, 0.2) is 6.10 Å². The lowest BCUT2D eigenvalue weighted by molar-refractivity contribution is -0.152. The summed E-state index contributed by atoms with van der Waals surface area (Å²) in [5, 5.41) is 9.81. The zero-order chi connectivity index (χ0) is 13.0. The van der Waals surface area contributed by atoms with E-state index in [-0.39, 0.29) is 0 Å². The van der Waals surface area contributed by atoms with Gasteiger partial charge in [-0.25, -0.2) is 4.79 Å². The lowest BCUT2D eigenvalue weighted by Gasteiger charge is -2.32. The Hall–Kier alpha value is -1.55. The van der Waals surface area contributed by atoms with E-state index in [1.165, 1.54) is 5.56 Å². The number of anilines is 1. The summed E-state index contributed by atoms with van der Waals surface area (Å²) in [7, 11) is 0. The van der Waals surface area contributed by atoms with Crippen molar-refractivity contribution >= 4 is 11.7 Å². The van der Waals surface area contributed by atoms with Gasteiger partial charge < -0.3 is 14.7 Å². The Labute approximate surface area is 107 Å². The molecule has 0 spiro atoms. The Morgan fingerprint density at radius 3 is 3.06 bits per heavy atom. The van der Waals surface area contributed by atoms with E-state index in [2.05, 4.69) is 11.0 Å². The molecule has 1 unspecified atom stereocenters. The van der Waals surface area contributed by atoms with Crippen LogP contribution in [-0.4, -0.2) is 36.9 Å². The highest BCUT2D eigenvalue weighted by Crippen LogP contribution is 2.26. The van der Waals surface area contributed by atoms with Crippen LogP contribution in [0.4, 0.5) is 5.69 Å². The van der Waals surface area contributed by atoms with Gasteiger partial charge in [-0.1, -0.05) is 18.2 Å². The van der Waals surface area contributed by atoms with Crippen molar-refractivity contribution in [3.8, 4) is 0 Å². The van der Waals surface area contributed by atoms with Crippen LogP contribution in [0, 0.1) is 0 Å². The molecule has 4 nitrogen and oxygen atoms in total. The van der Waals surface area contributed by atoms with Gasteiger partial charge in [0.05, 0.1) is 13.2 Å². The van der Waals surface area contributed by atoms with Crippen LogP contribution < -0.4 is 4.90 Å². The summed E-state index contributed by atoms with van der Waals surface area (Å²) >= 11 is 0. The average molecular weight is 249 g/mol. The molecule has 4 heteroatoms. The minimum atomic E-state index is -1.07. The number of hydrogen-bond donors (Lipinski definition) is 1. The number of nitrogens with zero attached hydrogens (tertiary/aromatic N) is 1. The fourth-order valence-corrected chi connectivity index (χ4v) is 2.32. The molecular formula is C14H19NO3. The van der Waals surface area contributed by atoms with Gasteiger partial charge in [-0.3, -0.25) is 0 Å². The van der Waals surface area contributed by atoms with Crippen LogP contribution >= 0.6 is 0 Å². The first-order valence-electron chi connectivity index (χ1n) is 6.40.